The fourth-order valence-electron chi connectivity index (χ4n) is 1.80. The lowest BCUT2D eigenvalue weighted by Crippen LogP contribution is -2.26. The molecule has 2 nitrogen and oxygen atoms in total. The topological polar surface area (TPSA) is 29.3 Å². The molecule has 0 unspecified atom stereocenters. The molecule has 0 aromatic heterocycles. The van der Waals surface area contributed by atoms with Gasteiger partial charge >= 0.3 is 0 Å². The first-order chi connectivity index (χ1) is 7.27. The predicted molar refractivity (Wildman–Crippen MR) is 72.7 cm³/mol. The van der Waals surface area contributed by atoms with Gasteiger partial charge in [-0.15, -0.1) is 0 Å². The summed E-state index contributed by atoms with van der Waals surface area (Å²) in [7, 11) is 0. The van der Waals surface area contributed by atoms with Crippen molar-refractivity contribution < 1.29 is 0 Å². The molecular formula is C11H15BrN2S. The zero-order chi connectivity index (χ0) is 10.7. The maximum absolute atomic E-state index is 6.02. The molecule has 0 amide bonds. The zero-order valence-corrected chi connectivity index (χ0v) is 11.0. The van der Waals surface area contributed by atoms with E-state index < -0.39 is 0 Å². The predicted octanol–water partition coefficient (Wildman–Crippen LogP) is 2.97. The van der Waals surface area contributed by atoms with Gasteiger partial charge in [0, 0.05) is 23.3 Å². The average Bonchev–Trinajstić information content (AvgIpc) is 2.46. The largest absolute Gasteiger partial charge is 0.397 e. The normalized spacial score (nSPS) is 17.5. The zero-order valence-electron chi connectivity index (χ0n) is 8.58. The van der Waals surface area contributed by atoms with E-state index in [9.17, 15) is 0 Å². The highest BCUT2D eigenvalue weighted by Gasteiger charge is 2.12. The molecule has 0 aliphatic carbocycles. The Bertz CT molecular complexity index is 335. The lowest BCUT2D eigenvalue weighted by Gasteiger charge is -2.23. The molecule has 1 saturated heterocycles. The van der Waals surface area contributed by atoms with Gasteiger partial charge in [-0.25, -0.2) is 0 Å². The van der Waals surface area contributed by atoms with Crippen LogP contribution in [0.3, 0.4) is 0 Å². The van der Waals surface area contributed by atoms with Crippen molar-refractivity contribution in [3.63, 3.8) is 0 Å². The molecule has 0 saturated carbocycles. The van der Waals surface area contributed by atoms with E-state index in [-0.39, 0.29) is 0 Å². The molecule has 2 rings (SSSR count). The molecule has 1 heterocycles. The van der Waals surface area contributed by atoms with Crippen molar-refractivity contribution in [3.05, 3.63) is 22.7 Å². The van der Waals surface area contributed by atoms with Crippen LogP contribution in [0.5, 0.6) is 0 Å². The number of rotatable bonds is 1. The van der Waals surface area contributed by atoms with Crippen molar-refractivity contribution in [2.75, 3.05) is 35.2 Å². The van der Waals surface area contributed by atoms with Gasteiger partial charge in [0.05, 0.1) is 11.4 Å². The Morgan fingerprint density at radius 3 is 2.93 bits per heavy atom. The van der Waals surface area contributed by atoms with E-state index in [1.54, 1.807) is 0 Å². The Morgan fingerprint density at radius 2 is 2.13 bits per heavy atom. The minimum atomic E-state index is 0.872. The summed E-state index contributed by atoms with van der Waals surface area (Å²) in [4.78, 5) is 2.39. The van der Waals surface area contributed by atoms with Gasteiger partial charge in [0.15, 0.2) is 0 Å². The summed E-state index contributed by atoms with van der Waals surface area (Å²) in [5, 5.41) is 0. The van der Waals surface area contributed by atoms with Gasteiger partial charge in [-0.2, -0.15) is 11.8 Å². The number of hydrogen-bond acceptors (Lipinski definition) is 3. The highest BCUT2D eigenvalue weighted by atomic mass is 79.9. The number of nitrogen functional groups attached to an aromatic ring is 1. The van der Waals surface area contributed by atoms with Crippen molar-refractivity contribution in [1.82, 2.24) is 0 Å². The van der Waals surface area contributed by atoms with E-state index >= 15 is 0 Å². The second-order valence-electron chi connectivity index (χ2n) is 3.66. The lowest BCUT2D eigenvalue weighted by molar-refractivity contribution is 0.817. The molecule has 4 heteroatoms. The molecule has 1 aromatic rings. The summed E-state index contributed by atoms with van der Waals surface area (Å²) in [5.74, 6) is 2.47. The molecule has 15 heavy (non-hydrogen) atoms. The second kappa shape index (κ2) is 5.12. The Balaban J connectivity index is 2.19. The number of anilines is 2. The van der Waals surface area contributed by atoms with Crippen LogP contribution < -0.4 is 10.6 Å². The third kappa shape index (κ3) is 2.82. The number of thioether (sulfide) groups is 1. The minimum Gasteiger partial charge on any atom is -0.397 e. The molecule has 1 aromatic carbocycles. The third-order valence-corrected chi connectivity index (χ3v) is 4.09. The fraction of sp³-hybridized carbons (Fsp3) is 0.455. The second-order valence-corrected chi connectivity index (χ2v) is 5.80. The summed E-state index contributed by atoms with van der Waals surface area (Å²) in [5.41, 5.74) is 8.08. The van der Waals surface area contributed by atoms with Gasteiger partial charge in [-0.3, -0.25) is 0 Å². The summed E-state index contributed by atoms with van der Waals surface area (Å²) in [6.45, 7) is 2.23. The maximum Gasteiger partial charge on any atom is 0.0601 e. The van der Waals surface area contributed by atoms with E-state index in [1.165, 1.54) is 23.6 Å². The summed E-state index contributed by atoms with van der Waals surface area (Å²) in [6, 6.07) is 6.15. The van der Waals surface area contributed by atoms with Crippen LogP contribution in [0.4, 0.5) is 11.4 Å². The maximum atomic E-state index is 6.02. The SMILES string of the molecule is Nc1cc(Br)ccc1N1CCCSCC1. The number of hydrogen-bond donors (Lipinski definition) is 1. The number of nitrogens with two attached hydrogens (primary N) is 1. The van der Waals surface area contributed by atoms with Gasteiger partial charge in [0.1, 0.15) is 0 Å². The molecule has 1 aliphatic heterocycles. The van der Waals surface area contributed by atoms with Crippen LogP contribution in [-0.4, -0.2) is 24.6 Å². The van der Waals surface area contributed by atoms with Gasteiger partial charge in [-0.1, -0.05) is 15.9 Å². The third-order valence-electron chi connectivity index (χ3n) is 2.55. The van der Waals surface area contributed by atoms with Gasteiger partial charge < -0.3 is 10.6 Å². The summed E-state index contributed by atoms with van der Waals surface area (Å²) >= 11 is 5.46. The smallest absolute Gasteiger partial charge is 0.0601 e. The van der Waals surface area contributed by atoms with E-state index in [0.29, 0.717) is 0 Å². The average molecular weight is 287 g/mol. The van der Waals surface area contributed by atoms with Crippen molar-refractivity contribution in [2.45, 2.75) is 6.42 Å². The number of nitrogens with zero attached hydrogens (tertiary/aromatic N) is 1. The van der Waals surface area contributed by atoms with Gasteiger partial charge in [0.2, 0.25) is 0 Å². The summed E-state index contributed by atoms with van der Waals surface area (Å²) < 4.78 is 1.05. The molecule has 0 radical (unpaired) electrons. The molecular weight excluding hydrogens is 272 g/mol. The van der Waals surface area contributed by atoms with Crippen LogP contribution in [-0.2, 0) is 0 Å². The Morgan fingerprint density at radius 1 is 1.27 bits per heavy atom. The first kappa shape index (κ1) is 11.1. The van der Waals surface area contributed by atoms with E-state index in [4.69, 9.17) is 5.73 Å². The van der Waals surface area contributed by atoms with Crippen molar-refractivity contribution in [2.24, 2.45) is 0 Å². The van der Waals surface area contributed by atoms with Crippen molar-refractivity contribution in [3.8, 4) is 0 Å². The first-order valence-corrected chi connectivity index (χ1v) is 7.10. The molecule has 2 N–H and O–H groups in total. The van der Waals surface area contributed by atoms with E-state index in [0.717, 1.165) is 23.2 Å². The fourth-order valence-corrected chi connectivity index (χ4v) is 3.07. The van der Waals surface area contributed by atoms with Crippen molar-refractivity contribution >= 4 is 39.1 Å². The first-order valence-electron chi connectivity index (χ1n) is 5.15. The quantitative estimate of drug-likeness (QED) is 0.805. The Labute approximate surface area is 103 Å². The van der Waals surface area contributed by atoms with Crippen LogP contribution in [0.2, 0.25) is 0 Å². The Hall–Kier alpha value is -0.350. The molecule has 0 bridgehead atoms. The van der Waals surface area contributed by atoms with Gasteiger partial charge in [-0.05, 0) is 30.4 Å². The van der Waals surface area contributed by atoms with Gasteiger partial charge in [0.25, 0.3) is 0 Å². The molecule has 0 atom stereocenters. The highest BCUT2D eigenvalue weighted by molar-refractivity contribution is 9.10. The van der Waals surface area contributed by atoms with E-state index in [1.807, 2.05) is 17.8 Å². The van der Waals surface area contributed by atoms with E-state index in [2.05, 4.69) is 33.0 Å². The molecule has 1 fully saturated rings. The minimum absolute atomic E-state index is 0.872. The lowest BCUT2D eigenvalue weighted by atomic mass is 10.2. The molecule has 0 spiro atoms. The van der Waals surface area contributed by atoms with Crippen LogP contribution in [0, 0.1) is 0 Å². The highest BCUT2D eigenvalue weighted by Crippen LogP contribution is 2.28. The number of halogens is 1. The number of benzene rings is 1. The van der Waals surface area contributed by atoms with Crippen LogP contribution in [0.15, 0.2) is 22.7 Å². The standard InChI is InChI=1S/C11H15BrN2S/c12-9-2-3-11(10(13)8-9)14-4-1-6-15-7-5-14/h2-3,8H,1,4-7,13H2. The monoisotopic (exact) mass is 286 g/mol. The van der Waals surface area contributed by atoms with Crippen LogP contribution >= 0.6 is 27.7 Å². The molecule has 1 aliphatic rings. The summed E-state index contributed by atoms with van der Waals surface area (Å²) in [6.07, 6.45) is 1.25. The Kier molecular flexibility index (Phi) is 3.81. The van der Waals surface area contributed by atoms with Crippen LogP contribution in [0.1, 0.15) is 6.42 Å². The van der Waals surface area contributed by atoms with Crippen molar-refractivity contribution in [1.29, 1.82) is 0 Å². The molecule has 82 valence electrons. The van der Waals surface area contributed by atoms with Crippen LogP contribution in [0.25, 0.3) is 0 Å².